The van der Waals surface area contributed by atoms with Crippen LogP contribution in [0.25, 0.3) is 0 Å². The Kier molecular flexibility index (Phi) is 3.85. The fourth-order valence-electron chi connectivity index (χ4n) is 1.06. The van der Waals surface area contributed by atoms with E-state index in [1.165, 1.54) is 13.2 Å². The molecule has 14 heavy (non-hydrogen) atoms. The molecule has 1 aromatic heterocycles. The average molecular weight is 215 g/mol. The number of esters is 1. The summed E-state index contributed by atoms with van der Waals surface area (Å²) in [5.74, 6) is -0.424. The van der Waals surface area contributed by atoms with Crippen LogP contribution in [-0.2, 0) is 11.2 Å². The van der Waals surface area contributed by atoms with Crippen LogP contribution in [-0.4, -0.2) is 24.6 Å². The Morgan fingerprint density at radius 1 is 1.64 bits per heavy atom. The molecule has 0 unspecified atom stereocenters. The van der Waals surface area contributed by atoms with E-state index < -0.39 is 5.97 Å². The van der Waals surface area contributed by atoms with Crippen molar-refractivity contribution in [2.75, 3.05) is 13.7 Å². The summed E-state index contributed by atoms with van der Waals surface area (Å²) in [5, 5.41) is 0.274. The van der Waals surface area contributed by atoms with Crippen LogP contribution in [0.4, 0.5) is 0 Å². The maximum absolute atomic E-state index is 11.2. The van der Waals surface area contributed by atoms with Crippen LogP contribution in [0.2, 0.25) is 5.15 Å². The Hall–Kier alpha value is -1.13. The molecule has 2 N–H and O–H groups in total. The molecule has 4 nitrogen and oxygen atoms in total. The molecular weight excluding hydrogens is 204 g/mol. The molecule has 1 heterocycles. The van der Waals surface area contributed by atoms with Gasteiger partial charge < -0.3 is 10.5 Å². The van der Waals surface area contributed by atoms with E-state index in [-0.39, 0.29) is 5.15 Å². The summed E-state index contributed by atoms with van der Waals surface area (Å²) >= 11 is 5.73. The summed E-state index contributed by atoms with van der Waals surface area (Å²) in [4.78, 5) is 15.2. The molecule has 1 aromatic rings. The number of aromatic nitrogens is 1. The number of hydrogen-bond acceptors (Lipinski definition) is 4. The number of methoxy groups -OCH3 is 1. The molecule has 0 saturated carbocycles. The number of carbonyl (C=O) groups is 1. The van der Waals surface area contributed by atoms with Crippen molar-refractivity contribution in [3.05, 3.63) is 28.5 Å². The first-order chi connectivity index (χ1) is 6.67. The number of nitrogens with two attached hydrogens (primary N) is 1. The minimum absolute atomic E-state index is 0.274. The smallest absolute Gasteiger partial charge is 0.338 e. The summed E-state index contributed by atoms with van der Waals surface area (Å²) in [6, 6.07) is 3.10. The molecule has 76 valence electrons. The molecule has 0 bridgehead atoms. The number of halogens is 1. The van der Waals surface area contributed by atoms with Crippen LogP contribution in [0.15, 0.2) is 12.1 Å². The predicted octanol–water partition coefficient (Wildman–Crippen LogP) is 1.02. The van der Waals surface area contributed by atoms with E-state index in [0.717, 1.165) is 0 Å². The Balaban J connectivity index is 3.00. The van der Waals surface area contributed by atoms with Crippen molar-refractivity contribution in [1.82, 2.24) is 4.98 Å². The minimum atomic E-state index is -0.424. The van der Waals surface area contributed by atoms with Crippen molar-refractivity contribution in [1.29, 1.82) is 0 Å². The van der Waals surface area contributed by atoms with Crippen LogP contribution in [0, 0.1) is 0 Å². The highest BCUT2D eigenvalue weighted by molar-refractivity contribution is 6.29. The van der Waals surface area contributed by atoms with Gasteiger partial charge >= 0.3 is 5.97 Å². The SMILES string of the molecule is COC(=O)c1cc(Cl)nc(CCN)c1. The lowest BCUT2D eigenvalue weighted by atomic mass is 10.2. The zero-order chi connectivity index (χ0) is 10.6. The topological polar surface area (TPSA) is 65.2 Å². The lowest BCUT2D eigenvalue weighted by Crippen LogP contribution is -2.07. The third-order valence-electron chi connectivity index (χ3n) is 1.67. The molecule has 0 aliphatic rings. The Labute approximate surface area is 87.0 Å². The summed E-state index contributed by atoms with van der Waals surface area (Å²) in [7, 11) is 1.32. The van der Waals surface area contributed by atoms with Gasteiger partial charge in [0.15, 0.2) is 0 Å². The van der Waals surface area contributed by atoms with Crippen molar-refractivity contribution in [3.63, 3.8) is 0 Å². The van der Waals surface area contributed by atoms with Gasteiger partial charge in [-0.15, -0.1) is 0 Å². The monoisotopic (exact) mass is 214 g/mol. The first-order valence-electron chi connectivity index (χ1n) is 4.12. The molecule has 0 saturated heterocycles. The van der Waals surface area contributed by atoms with Gasteiger partial charge in [-0.1, -0.05) is 11.6 Å². The molecule has 0 aliphatic carbocycles. The maximum Gasteiger partial charge on any atom is 0.338 e. The second-order valence-corrected chi connectivity index (χ2v) is 3.09. The number of ether oxygens (including phenoxy) is 1. The van der Waals surface area contributed by atoms with Crippen molar-refractivity contribution in [2.45, 2.75) is 6.42 Å². The van der Waals surface area contributed by atoms with Gasteiger partial charge in [0.2, 0.25) is 0 Å². The van der Waals surface area contributed by atoms with Crippen LogP contribution < -0.4 is 5.73 Å². The summed E-state index contributed by atoms with van der Waals surface area (Å²) in [5.41, 5.74) is 6.46. The molecule has 0 aliphatic heterocycles. The molecule has 0 amide bonds. The van der Waals surface area contributed by atoms with Gasteiger partial charge in [-0.3, -0.25) is 0 Å². The molecule has 1 rings (SSSR count). The first-order valence-corrected chi connectivity index (χ1v) is 4.50. The van der Waals surface area contributed by atoms with Gasteiger partial charge in [-0.25, -0.2) is 9.78 Å². The van der Waals surface area contributed by atoms with E-state index in [4.69, 9.17) is 17.3 Å². The third-order valence-corrected chi connectivity index (χ3v) is 1.86. The second-order valence-electron chi connectivity index (χ2n) is 2.70. The molecule has 0 atom stereocenters. The fraction of sp³-hybridized carbons (Fsp3) is 0.333. The number of nitrogens with zero attached hydrogens (tertiary/aromatic N) is 1. The third kappa shape index (κ3) is 2.68. The molecule has 0 fully saturated rings. The highest BCUT2D eigenvalue weighted by atomic mass is 35.5. The van der Waals surface area contributed by atoms with Gasteiger partial charge in [-0.2, -0.15) is 0 Å². The molecule has 0 aromatic carbocycles. The van der Waals surface area contributed by atoms with Crippen molar-refractivity contribution in [3.8, 4) is 0 Å². The largest absolute Gasteiger partial charge is 0.465 e. The van der Waals surface area contributed by atoms with E-state index in [2.05, 4.69) is 9.72 Å². The molecular formula is C9H11ClN2O2. The van der Waals surface area contributed by atoms with Crippen molar-refractivity contribution < 1.29 is 9.53 Å². The van der Waals surface area contributed by atoms with E-state index in [0.29, 0.717) is 24.2 Å². The van der Waals surface area contributed by atoms with Gasteiger partial charge in [0, 0.05) is 12.1 Å². The lowest BCUT2D eigenvalue weighted by molar-refractivity contribution is 0.0600. The van der Waals surface area contributed by atoms with Crippen molar-refractivity contribution in [2.24, 2.45) is 5.73 Å². The fourth-order valence-corrected chi connectivity index (χ4v) is 1.29. The van der Waals surface area contributed by atoms with E-state index in [1.54, 1.807) is 6.07 Å². The normalized spacial score (nSPS) is 9.93. The zero-order valence-corrected chi connectivity index (χ0v) is 8.54. The predicted molar refractivity (Wildman–Crippen MR) is 53.3 cm³/mol. The Morgan fingerprint density at radius 2 is 2.36 bits per heavy atom. The lowest BCUT2D eigenvalue weighted by Gasteiger charge is -2.03. The average Bonchev–Trinajstić information content (AvgIpc) is 2.16. The van der Waals surface area contributed by atoms with E-state index in [1.807, 2.05) is 0 Å². The van der Waals surface area contributed by atoms with Crippen LogP contribution in [0.3, 0.4) is 0 Å². The first kappa shape index (κ1) is 10.9. The van der Waals surface area contributed by atoms with E-state index in [9.17, 15) is 4.79 Å². The maximum atomic E-state index is 11.2. The van der Waals surface area contributed by atoms with E-state index >= 15 is 0 Å². The Morgan fingerprint density at radius 3 is 2.93 bits per heavy atom. The quantitative estimate of drug-likeness (QED) is 0.603. The number of pyridine rings is 1. The molecule has 5 heteroatoms. The highest BCUT2D eigenvalue weighted by Gasteiger charge is 2.08. The van der Waals surface area contributed by atoms with Gasteiger partial charge in [0.1, 0.15) is 5.15 Å². The van der Waals surface area contributed by atoms with Gasteiger partial charge in [-0.05, 0) is 18.7 Å². The molecule has 0 radical (unpaired) electrons. The number of rotatable bonds is 3. The van der Waals surface area contributed by atoms with Crippen LogP contribution >= 0.6 is 11.6 Å². The Bertz CT molecular complexity index is 342. The van der Waals surface area contributed by atoms with Crippen LogP contribution in [0.5, 0.6) is 0 Å². The summed E-state index contributed by atoms with van der Waals surface area (Å²) < 4.78 is 4.57. The number of carbonyl (C=O) groups excluding carboxylic acids is 1. The van der Waals surface area contributed by atoms with Crippen molar-refractivity contribution >= 4 is 17.6 Å². The standard InChI is InChI=1S/C9H11ClN2O2/c1-14-9(13)6-4-7(2-3-11)12-8(10)5-6/h4-5H,2-3,11H2,1H3. The van der Waals surface area contributed by atoms with Gasteiger partial charge in [0.25, 0.3) is 0 Å². The highest BCUT2D eigenvalue weighted by Crippen LogP contribution is 2.12. The summed E-state index contributed by atoms with van der Waals surface area (Å²) in [6.45, 7) is 0.466. The van der Waals surface area contributed by atoms with Gasteiger partial charge in [0.05, 0.1) is 12.7 Å². The van der Waals surface area contributed by atoms with Crippen LogP contribution in [0.1, 0.15) is 16.1 Å². The zero-order valence-electron chi connectivity index (χ0n) is 7.79. The number of hydrogen-bond donors (Lipinski definition) is 1. The second kappa shape index (κ2) is 4.93. The summed E-state index contributed by atoms with van der Waals surface area (Å²) in [6.07, 6.45) is 0.588. The molecule has 0 spiro atoms. The minimum Gasteiger partial charge on any atom is -0.465 e.